The number of para-hydroxylation sites is 2. The molecule has 1 fully saturated rings. The van der Waals surface area contributed by atoms with Gasteiger partial charge in [0.15, 0.2) is 11.5 Å². The minimum atomic E-state index is 0.0769. The Bertz CT molecular complexity index is 876. The normalized spacial score (nSPS) is 15.2. The Morgan fingerprint density at radius 2 is 1.89 bits per heavy atom. The van der Waals surface area contributed by atoms with Gasteiger partial charge in [0, 0.05) is 24.6 Å². The molecule has 2 heterocycles. The monoisotopic (exact) mass is 364 g/mol. The number of carbonyl (C=O) groups is 1. The first-order valence-electron chi connectivity index (χ1n) is 9.62. The fraction of sp³-hybridized carbons (Fsp3) is 0.364. The van der Waals surface area contributed by atoms with Crippen molar-refractivity contribution >= 4 is 17.0 Å². The van der Waals surface area contributed by atoms with E-state index in [1.807, 2.05) is 53.4 Å². The van der Waals surface area contributed by atoms with Crippen LogP contribution in [0.3, 0.4) is 0 Å². The highest BCUT2D eigenvalue weighted by Crippen LogP contribution is 2.30. The van der Waals surface area contributed by atoms with Crippen molar-refractivity contribution in [1.29, 1.82) is 0 Å². The van der Waals surface area contributed by atoms with Gasteiger partial charge in [0.05, 0.1) is 6.61 Å². The molecule has 27 heavy (non-hydrogen) atoms. The van der Waals surface area contributed by atoms with Gasteiger partial charge in [-0.3, -0.25) is 4.79 Å². The highest BCUT2D eigenvalue weighted by molar-refractivity contribution is 5.94. The van der Waals surface area contributed by atoms with Crippen LogP contribution in [0, 0.1) is 0 Å². The number of nitrogens with zero attached hydrogens (tertiary/aromatic N) is 2. The number of piperidine rings is 1. The Balaban J connectivity index is 1.37. The van der Waals surface area contributed by atoms with Crippen LogP contribution in [0.5, 0.6) is 5.75 Å². The van der Waals surface area contributed by atoms with E-state index in [4.69, 9.17) is 9.15 Å². The van der Waals surface area contributed by atoms with Gasteiger partial charge in [0.25, 0.3) is 5.91 Å². The van der Waals surface area contributed by atoms with Crippen molar-refractivity contribution in [2.24, 2.45) is 0 Å². The molecule has 0 bridgehead atoms. The first-order valence-corrected chi connectivity index (χ1v) is 9.62. The lowest BCUT2D eigenvalue weighted by Gasteiger charge is -2.30. The summed E-state index contributed by atoms with van der Waals surface area (Å²) in [6.07, 6.45) is 2.71. The van der Waals surface area contributed by atoms with E-state index in [-0.39, 0.29) is 11.8 Å². The third-order valence-electron chi connectivity index (χ3n) is 5.02. The lowest BCUT2D eigenvalue weighted by Crippen LogP contribution is -2.37. The quantitative estimate of drug-likeness (QED) is 0.662. The third kappa shape index (κ3) is 3.82. The maximum atomic E-state index is 12.8. The predicted octanol–water partition coefficient (Wildman–Crippen LogP) is 4.64. The molecule has 0 aliphatic carbocycles. The van der Waals surface area contributed by atoms with Gasteiger partial charge in [0.2, 0.25) is 0 Å². The van der Waals surface area contributed by atoms with Crippen LogP contribution >= 0.6 is 0 Å². The lowest BCUT2D eigenvalue weighted by molar-refractivity contribution is 0.0706. The van der Waals surface area contributed by atoms with Gasteiger partial charge in [-0.05, 0) is 55.7 Å². The van der Waals surface area contributed by atoms with Crippen LogP contribution in [0.1, 0.15) is 48.4 Å². The zero-order valence-corrected chi connectivity index (χ0v) is 15.6. The molecule has 0 N–H and O–H groups in total. The number of hydrogen-bond donors (Lipinski definition) is 0. The molecule has 0 radical (unpaired) electrons. The van der Waals surface area contributed by atoms with Crippen molar-refractivity contribution in [2.45, 2.75) is 32.1 Å². The van der Waals surface area contributed by atoms with Gasteiger partial charge in [-0.1, -0.05) is 19.1 Å². The molecule has 1 aromatic heterocycles. The van der Waals surface area contributed by atoms with E-state index in [0.29, 0.717) is 12.2 Å². The Labute approximate surface area is 158 Å². The van der Waals surface area contributed by atoms with E-state index in [2.05, 4.69) is 11.9 Å². The van der Waals surface area contributed by atoms with E-state index in [9.17, 15) is 4.79 Å². The molecule has 5 nitrogen and oxygen atoms in total. The van der Waals surface area contributed by atoms with E-state index >= 15 is 0 Å². The summed E-state index contributed by atoms with van der Waals surface area (Å²) in [4.78, 5) is 19.3. The second-order valence-corrected chi connectivity index (χ2v) is 6.96. The first-order chi connectivity index (χ1) is 13.2. The Hall–Kier alpha value is -2.82. The maximum Gasteiger partial charge on any atom is 0.253 e. The molecule has 140 valence electrons. The number of fused-ring (bicyclic) bond motifs is 1. The summed E-state index contributed by atoms with van der Waals surface area (Å²) in [6, 6.07) is 15.3. The van der Waals surface area contributed by atoms with Crippen LogP contribution in [-0.4, -0.2) is 35.5 Å². The lowest BCUT2D eigenvalue weighted by atomic mass is 9.96. The number of carbonyl (C=O) groups excluding carboxylic acids is 1. The molecule has 0 atom stereocenters. The number of benzene rings is 2. The molecule has 3 aromatic rings. The average Bonchev–Trinajstić information content (AvgIpc) is 3.16. The molecule has 5 heteroatoms. The third-order valence-corrected chi connectivity index (χ3v) is 5.02. The number of hydrogen-bond acceptors (Lipinski definition) is 4. The number of amides is 1. The highest BCUT2D eigenvalue weighted by atomic mass is 16.5. The summed E-state index contributed by atoms with van der Waals surface area (Å²) >= 11 is 0. The van der Waals surface area contributed by atoms with E-state index in [0.717, 1.165) is 55.1 Å². The zero-order valence-electron chi connectivity index (χ0n) is 15.6. The van der Waals surface area contributed by atoms with Crippen molar-refractivity contribution in [3.63, 3.8) is 0 Å². The molecule has 0 unspecified atom stereocenters. The van der Waals surface area contributed by atoms with Gasteiger partial charge >= 0.3 is 0 Å². The molecular formula is C22H24N2O3. The number of oxazole rings is 1. The fourth-order valence-electron chi connectivity index (χ4n) is 3.49. The zero-order chi connectivity index (χ0) is 18.6. The first kappa shape index (κ1) is 17.6. The average molecular weight is 364 g/mol. The second-order valence-electron chi connectivity index (χ2n) is 6.96. The van der Waals surface area contributed by atoms with Crippen molar-refractivity contribution in [3.8, 4) is 5.75 Å². The Morgan fingerprint density at radius 3 is 2.59 bits per heavy atom. The van der Waals surface area contributed by atoms with Crippen molar-refractivity contribution in [1.82, 2.24) is 9.88 Å². The smallest absolute Gasteiger partial charge is 0.253 e. The summed E-state index contributed by atoms with van der Waals surface area (Å²) in [6.45, 7) is 4.20. The molecule has 4 rings (SSSR count). The van der Waals surface area contributed by atoms with E-state index < -0.39 is 0 Å². The maximum absolute atomic E-state index is 12.8. The van der Waals surface area contributed by atoms with Crippen LogP contribution in [0.25, 0.3) is 11.1 Å². The van der Waals surface area contributed by atoms with Crippen molar-refractivity contribution in [3.05, 3.63) is 60.0 Å². The summed E-state index contributed by atoms with van der Waals surface area (Å²) in [5.41, 5.74) is 2.44. The Morgan fingerprint density at radius 1 is 1.15 bits per heavy atom. The number of ether oxygens (including phenoxy) is 1. The van der Waals surface area contributed by atoms with Crippen LogP contribution in [-0.2, 0) is 0 Å². The fourth-order valence-corrected chi connectivity index (χ4v) is 3.49. The van der Waals surface area contributed by atoms with Gasteiger partial charge in [-0.15, -0.1) is 0 Å². The van der Waals surface area contributed by atoms with Gasteiger partial charge < -0.3 is 14.1 Å². The number of aromatic nitrogens is 1. The van der Waals surface area contributed by atoms with E-state index in [1.54, 1.807) is 0 Å². The summed E-state index contributed by atoms with van der Waals surface area (Å²) in [5.74, 6) is 1.95. The Kier molecular flexibility index (Phi) is 5.10. The molecule has 0 saturated carbocycles. The van der Waals surface area contributed by atoms with Crippen LogP contribution < -0.4 is 4.74 Å². The van der Waals surface area contributed by atoms with Crippen molar-refractivity contribution in [2.75, 3.05) is 19.7 Å². The van der Waals surface area contributed by atoms with Crippen molar-refractivity contribution < 1.29 is 13.9 Å². The summed E-state index contributed by atoms with van der Waals surface area (Å²) in [5, 5.41) is 0. The van der Waals surface area contributed by atoms with Crippen LogP contribution in [0.4, 0.5) is 0 Å². The van der Waals surface area contributed by atoms with Gasteiger partial charge in [0.1, 0.15) is 11.3 Å². The second kappa shape index (κ2) is 7.82. The molecule has 1 aliphatic heterocycles. The van der Waals surface area contributed by atoms with Gasteiger partial charge in [-0.25, -0.2) is 4.98 Å². The molecule has 1 amide bonds. The highest BCUT2D eigenvalue weighted by Gasteiger charge is 2.27. The standard InChI is InChI=1S/C22H24N2O3/c1-2-15-26-18-9-7-17(8-10-18)22(25)24-13-11-16(12-14-24)21-23-19-5-3-4-6-20(19)27-21/h3-10,16H,2,11-15H2,1H3. The summed E-state index contributed by atoms with van der Waals surface area (Å²) < 4.78 is 11.5. The molecule has 1 saturated heterocycles. The minimum absolute atomic E-state index is 0.0769. The topological polar surface area (TPSA) is 55.6 Å². The predicted molar refractivity (Wildman–Crippen MR) is 104 cm³/mol. The minimum Gasteiger partial charge on any atom is -0.494 e. The number of likely N-dealkylation sites (tertiary alicyclic amines) is 1. The molecule has 1 aliphatic rings. The summed E-state index contributed by atoms with van der Waals surface area (Å²) in [7, 11) is 0. The SMILES string of the molecule is CCCOc1ccc(C(=O)N2CCC(c3nc4ccccc4o3)CC2)cc1. The molecule has 2 aromatic carbocycles. The van der Waals surface area contributed by atoms with E-state index in [1.165, 1.54) is 0 Å². The van der Waals surface area contributed by atoms with Crippen LogP contribution in [0.2, 0.25) is 0 Å². The largest absolute Gasteiger partial charge is 0.494 e. The molecule has 0 spiro atoms. The molecular weight excluding hydrogens is 340 g/mol. The number of rotatable bonds is 5. The van der Waals surface area contributed by atoms with Crippen LogP contribution in [0.15, 0.2) is 52.9 Å². The van der Waals surface area contributed by atoms with Gasteiger partial charge in [-0.2, -0.15) is 0 Å².